The van der Waals surface area contributed by atoms with Crippen LogP contribution in [0.1, 0.15) is 16.2 Å². The van der Waals surface area contributed by atoms with Gasteiger partial charge in [0.1, 0.15) is 11.5 Å². The number of carbonyl (C=O) groups is 1. The van der Waals surface area contributed by atoms with Gasteiger partial charge in [-0.25, -0.2) is 9.78 Å². The number of nitro benzene ring substituents is 1. The monoisotopic (exact) mass is 393 g/mol. The minimum Gasteiger partial charge on any atom is -0.465 e. The smallest absolute Gasteiger partial charge is 0.339 e. The van der Waals surface area contributed by atoms with E-state index in [1.165, 1.54) is 19.2 Å². The molecule has 2 heterocycles. The average Bonchev–Trinajstić information content (AvgIpc) is 3.06. The molecular weight excluding hydrogens is 374 g/mol. The van der Waals surface area contributed by atoms with Gasteiger partial charge in [-0.2, -0.15) is 0 Å². The average molecular weight is 394 g/mol. The van der Waals surface area contributed by atoms with E-state index in [0.29, 0.717) is 18.8 Å². The van der Waals surface area contributed by atoms with Crippen molar-refractivity contribution in [1.82, 2.24) is 14.5 Å². The van der Waals surface area contributed by atoms with Crippen LogP contribution in [0.5, 0.6) is 0 Å². The maximum atomic E-state index is 11.8. The number of halogens is 1. The van der Waals surface area contributed by atoms with Crippen molar-refractivity contribution < 1.29 is 14.5 Å². The number of carbonyl (C=O) groups excluding carboxylic acids is 1. The van der Waals surface area contributed by atoms with E-state index < -0.39 is 10.9 Å². The second-order valence-corrected chi connectivity index (χ2v) is 6.69. The van der Waals surface area contributed by atoms with E-state index in [1.54, 1.807) is 6.20 Å². The standard InChI is InChI=1S/C17H20ClN5O4/c1-20-4-3-19-16(20)11-21-5-7-22(8-6-21)14-10-13(18)12(17(24)27-2)9-15(14)23(25)26/h3-4,9-10H,5-8,11H2,1-2H3. The van der Waals surface area contributed by atoms with Crippen LogP contribution >= 0.6 is 11.6 Å². The number of rotatable bonds is 5. The SMILES string of the molecule is COC(=O)c1cc([N+](=O)[O-])c(N2CCN(Cc3nccn3C)CC2)cc1Cl. The lowest BCUT2D eigenvalue weighted by atomic mass is 10.1. The molecular formula is C17H20ClN5O4. The van der Waals surface area contributed by atoms with Crippen LogP contribution < -0.4 is 4.90 Å². The second kappa shape index (κ2) is 7.93. The Morgan fingerprint density at radius 3 is 2.59 bits per heavy atom. The summed E-state index contributed by atoms with van der Waals surface area (Å²) in [6, 6.07) is 2.66. The van der Waals surface area contributed by atoms with E-state index in [9.17, 15) is 14.9 Å². The molecule has 144 valence electrons. The fourth-order valence-electron chi connectivity index (χ4n) is 3.11. The highest BCUT2D eigenvalue weighted by Gasteiger charge is 2.27. The van der Waals surface area contributed by atoms with Gasteiger partial charge in [0.05, 0.1) is 29.2 Å². The largest absolute Gasteiger partial charge is 0.465 e. The second-order valence-electron chi connectivity index (χ2n) is 6.29. The Morgan fingerprint density at radius 2 is 2.04 bits per heavy atom. The third-order valence-electron chi connectivity index (χ3n) is 4.67. The number of aromatic nitrogens is 2. The lowest BCUT2D eigenvalue weighted by molar-refractivity contribution is -0.384. The molecule has 10 heteroatoms. The molecule has 0 bridgehead atoms. The molecule has 0 atom stereocenters. The molecule has 0 unspecified atom stereocenters. The van der Waals surface area contributed by atoms with Crippen LogP contribution in [0.3, 0.4) is 0 Å². The van der Waals surface area contributed by atoms with Crippen LogP contribution in [0.4, 0.5) is 11.4 Å². The van der Waals surface area contributed by atoms with Crippen molar-refractivity contribution in [3.8, 4) is 0 Å². The zero-order valence-electron chi connectivity index (χ0n) is 15.1. The number of aryl methyl sites for hydroxylation is 1. The van der Waals surface area contributed by atoms with Crippen molar-refractivity contribution in [3.05, 3.63) is 51.1 Å². The third kappa shape index (κ3) is 4.04. The summed E-state index contributed by atoms with van der Waals surface area (Å²) >= 11 is 6.17. The number of piperazine rings is 1. The highest BCUT2D eigenvalue weighted by atomic mass is 35.5. The van der Waals surface area contributed by atoms with Gasteiger partial charge < -0.3 is 14.2 Å². The Kier molecular flexibility index (Phi) is 5.62. The third-order valence-corrected chi connectivity index (χ3v) is 4.98. The van der Waals surface area contributed by atoms with Crippen molar-refractivity contribution in [1.29, 1.82) is 0 Å². The van der Waals surface area contributed by atoms with Crippen molar-refractivity contribution in [2.24, 2.45) is 7.05 Å². The van der Waals surface area contributed by atoms with Gasteiger partial charge in [-0.05, 0) is 6.07 Å². The molecule has 0 aliphatic carbocycles. The predicted molar refractivity (Wildman–Crippen MR) is 100 cm³/mol. The predicted octanol–water partition coefficient (Wildman–Crippen LogP) is 2.09. The lowest BCUT2D eigenvalue weighted by Crippen LogP contribution is -2.46. The topological polar surface area (TPSA) is 93.7 Å². The number of ether oxygens (including phenoxy) is 1. The highest BCUT2D eigenvalue weighted by molar-refractivity contribution is 6.34. The van der Waals surface area contributed by atoms with Gasteiger partial charge in [-0.15, -0.1) is 0 Å². The zero-order valence-corrected chi connectivity index (χ0v) is 15.8. The van der Waals surface area contributed by atoms with Crippen LogP contribution in [-0.2, 0) is 18.3 Å². The van der Waals surface area contributed by atoms with Gasteiger partial charge in [-0.3, -0.25) is 15.0 Å². The van der Waals surface area contributed by atoms with Gasteiger partial charge in [0, 0.05) is 51.7 Å². The van der Waals surface area contributed by atoms with Crippen molar-refractivity contribution >= 4 is 28.9 Å². The molecule has 0 N–H and O–H groups in total. The summed E-state index contributed by atoms with van der Waals surface area (Å²) in [5.41, 5.74) is 0.245. The van der Waals surface area contributed by atoms with E-state index in [4.69, 9.17) is 11.6 Å². The molecule has 0 spiro atoms. The molecule has 1 aromatic carbocycles. The molecule has 1 saturated heterocycles. The number of esters is 1. The summed E-state index contributed by atoms with van der Waals surface area (Å²) in [6.07, 6.45) is 3.67. The van der Waals surface area contributed by atoms with Crippen LogP contribution in [0.15, 0.2) is 24.5 Å². The summed E-state index contributed by atoms with van der Waals surface area (Å²) < 4.78 is 6.61. The Morgan fingerprint density at radius 1 is 1.33 bits per heavy atom. The quantitative estimate of drug-likeness (QED) is 0.436. The number of hydrogen-bond donors (Lipinski definition) is 0. The minimum absolute atomic E-state index is 0.0111. The molecule has 1 aliphatic heterocycles. The fourth-order valence-corrected chi connectivity index (χ4v) is 3.35. The Labute approximate surface area is 161 Å². The normalized spacial score (nSPS) is 15.0. The molecule has 3 rings (SSSR count). The van der Waals surface area contributed by atoms with Gasteiger partial charge in [0.15, 0.2) is 0 Å². The zero-order chi connectivity index (χ0) is 19.6. The maximum absolute atomic E-state index is 11.8. The Balaban J connectivity index is 1.77. The molecule has 0 saturated carbocycles. The summed E-state index contributed by atoms with van der Waals surface area (Å²) in [5.74, 6) is 0.273. The number of anilines is 1. The Hall–Kier alpha value is -2.65. The first-order valence-corrected chi connectivity index (χ1v) is 8.78. The van der Waals surface area contributed by atoms with Crippen molar-refractivity contribution in [3.63, 3.8) is 0 Å². The molecule has 1 aliphatic rings. The van der Waals surface area contributed by atoms with Gasteiger partial charge in [0.2, 0.25) is 0 Å². The summed E-state index contributed by atoms with van der Waals surface area (Å²) in [7, 11) is 3.16. The van der Waals surface area contributed by atoms with E-state index >= 15 is 0 Å². The highest BCUT2D eigenvalue weighted by Crippen LogP contribution is 2.35. The number of nitro groups is 1. The van der Waals surface area contributed by atoms with Crippen LogP contribution in [0.25, 0.3) is 0 Å². The summed E-state index contributed by atoms with van der Waals surface area (Å²) in [4.78, 5) is 31.3. The fraction of sp³-hybridized carbons (Fsp3) is 0.412. The van der Waals surface area contributed by atoms with Gasteiger partial charge >= 0.3 is 5.97 Å². The van der Waals surface area contributed by atoms with Crippen LogP contribution in [-0.4, -0.2) is 58.6 Å². The summed E-state index contributed by atoms with van der Waals surface area (Å²) in [6.45, 7) is 3.42. The number of nitrogens with zero attached hydrogens (tertiary/aromatic N) is 5. The first-order valence-electron chi connectivity index (χ1n) is 8.40. The number of benzene rings is 1. The van der Waals surface area contributed by atoms with E-state index in [-0.39, 0.29) is 16.3 Å². The molecule has 27 heavy (non-hydrogen) atoms. The van der Waals surface area contributed by atoms with Crippen LogP contribution in [0, 0.1) is 10.1 Å². The summed E-state index contributed by atoms with van der Waals surface area (Å²) in [5, 5.41) is 11.7. The lowest BCUT2D eigenvalue weighted by Gasteiger charge is -2.35. The molecule has 0 amide bonds. The van der Waals surface area contributed by atoms with E-state index in [1.807, 2.05) is 22.7 Å². The van der Waals surface area contributed by atoms with Crippen molar-refractivity contribution in [2.75, 3.05) is 38.2 Å². The van der Waals surface area contributed by atoms with Crippen molar-refractivity contribution in [2.45, 2.75) is 6.54 Å². The molecule has 1 fully saturated rings. The Bertz CT molecular complexity index is 861. The van der Waals surface area contributed by atoms with E-state index in [0.717, 1.165) is 25.5 Å². The number of imidazole rings is 1. The maximum Gasteiger partial charge on any atom is 0.339 e. The molecule has 9 nitrogen and oxygen atoms in total. The molecule has 2 aromatic rings. The first kappa shape index (κ1) is 19.1. The van der Waals surface area contributed by atoms with Gasteiger partial charge in [0.25, 0.3) is 5.69 Å². The van der Waals surface area contributed by atoms with E-state index in [2.05, 4.69) is 14.6 Å². The first-order chi connectivity index (χ1) is 12.9. The van der Waals surface area contributed by atoms with Crippen LogP contribution in [0.2, 0.25) is 5.02 Å². The molecule has 1 aromatic heterocycles. The minimum atomic E-state index is -0.700. The van der Waals surface area contributed by atoms with Gasteiger partial charge in [-0.1, -0.05) is 11.6 Å². The molecule has 0 radical (unpaired) electrons. The number of methoxy groups -OCH3 is 1. The number of hydrogen-bond acceptors (Lipinski definition) is 7.